The molecule has 0 spiro atoms. The second-order valence-electron chi connectivity index (χ2n) is 3.39. The van der Waals surface area contributed by atoms with E-state index in [9.17, 15) is 14.4 Å². The van der Waals surface area contributed by atoms with Crippen LogP contribution in [0.4, 0.5) is 0 Å². The number of carbonyl (C=O) groups excluding carboxylic acids is 1. The number of carbonyl (C=O) groups is 3. The van der Waals surface area contributed by atoms with Crippen molar-refractivity contribution >= 4 is 17.8 Å². The van der Waals surface area contributed by atoms with Crippen molar-refractivity contribution < 1.29 is 24.6 Å². The van der Waals surface area contributed by atoms with E-state index >= 15 is 0 Å². The monoisotopic (exact) mass is 241 g/mol. The van der Waals surface area contributed by atoms with Gasteiger partial charge in [-0.25, -0.2) is 9.78 Å². The van der Waals surface area contributed by atoms with Crippen molar-refractivity contribution in [2.24, 2.45) is 7.05 Å². The summed E-state index contributed by atoms with van der Waals surface area (Å²) in [6, 6.07) is -1.47. The van der Waals surface area contributed by atoms with Gasteiger partial charge in [0, 0.05) is 13.2 Å². The lowest BCUT2D eigenvalue weighted by molar-refractivity contribution is -0.145. The lowest BCUT2D eigenvalue weighted by Crippen LogP contribution is -2.42. The minimum atomic E-state index is -1.47. The van der Waals surface area contributed by atoms with E-state index < -0.39 is 30.3 Å². The van der Waals surface area contributed by atoms with Gasteiger partial charge in [-0.1, -0.05) is 0 Å². The Labute approximate surface area is 95.9 Å². The van der Waals surface area contributed by atoms with Gasteiger partial charge >= 0.3 is 11.9 Å². The smallest absolute Gasteiger partial charge is 0.326 e. The van der Waals surface area contributed by atoms with Crippen LogP contribution in [0.15, 0.2) is 12.5 Å². The minimum absolute atomic E-state index is 0.0316. The molecule has 1 aromatic rings. The molecule has 1 rings (SSSR count). The molecule has 1 atom stereocenters. The van der Waals surface area contributed by atoms with Crippen LogP contribution in [0, 0.1) is 0 Å². The number of amides is 1. The van der Waals surface area contributed by atoms with E-state index in [4.69, 9.17) is 10.2 Å². The average Bonchev–Trinajstić information content (AvgIpc) is 2.63. The van der Waals surface area contributed by atoms with Crippen molar-refractivity contribution in [1.82, 2.24) is 14.9 Å². The number of aryl methyl sites for hydroxylation is 1. The molecular weight excluding hydrogens is 230 g/mol. The fraction of sp³-hybridized carbons (Fsp3) is 0.333. The molecule has 0 aliphatic carbocycles. The SMILES string of the molecule is Cn1cnc(C(=O)N[C@@H](CC(=O)O)C(=O)O)c1. The third-order valence-electron chi connectivity index (χ3n) is 1.92. The summed E-state index contributed by atoms with van der Waals surface area (Å²) in [5, 5.41) is 19.3. The molecule has 92 valence electrons. The number of carboxylic acid groups (broad SMARTS) is 2. The number of nitrogens with zero attached hydrogens (tertiary/aromatic N) is 2. The van der Waals surface area contributed by atoms with Crippen LogP contribution in [0.5, 0.6) is 0 Å². The van der Waals surface area contributed by atoms with Gasteiger partial charge in [0.05, 0.1) is 12.7 Å². The molecule has 0 unspecified atom stereocenters. The molecule has 3 N–H and O–H groups in total. The molecule has 17 heavy (non-hydrogen) atoms. The molecule has 0 radical (unpaired) electrons. The Kier molecular flexibility index (Phi) is 3.81. The number of rotatable bonds is 5. The van der Waals surface area contributed by atoms with E-state index in [2.05, 4.69) is 10.3 Å². The number of carboxylic acids is 2. The summed E-state index contributed by atoms with van der Waals surface area (Å²) in [7, 11) is 1.65. The quantitative estimate of drug-likeness (QED) is 0.612. The van der Waals surface area contributed by atoms with Crippen LogP contribution in [-0.4, -0.2) is 43.7 Å². The largest absolute Gasteiger partial charge is 0.481 e. The van der Waals surface area contributed by atoms with Crippen LogP contribution in [-0.2, 0) is 16.6 Å². The molecule has 8 heteroatoms. The first kappa shape index (κ1) is 12.7. The second kappa shape index (κ2) is 5.10. The number of nitrogens with one attached hydrogen (secondary N) is 1. The summed E-state index contributed by atoms with van der Waals surface area (Å²) in [6.07, 6.45) is 2.09. The number of aliphatic carboxylic acids is 2. The molecule has 0 bridgehead atoms. The molecule has 8 nitrogen and oxygen atoms in total. The predicted octanol–water partition coefficient (Wildman–Crippen LogP) is -0.922. The van der Waals surface area contributed by atoms with E-state index in [1.807, 2.05) is 0 Å². The summed E-state index contributed by atoms with van der Waals surface area (Å²) >= 11 is 0. The van der Waals surface area contributed by atoms with E-state index in [0.29, 0.717) is 0 Å². The highest BCUT2D eigenvalue weighted by molar-refractivity contribution is 5.95. The predicted molar refractivity (Wildman–Crippen MR) is 54.4 cm³/mol. The summed E-state index contributed by atoms with van der Waals surface area (Å²) in [4.78, 5) is 36.3. The van der Waals surface area contributed by atoms with Crippen molar-refractivity contribution in [3.05, 3.63) is 18.2 Å². The maximum Gasteiger partial charge on any atom is 0.326 e. The van der Waals surface area contributed by atoms with Gasteiger partial charge in [0.1, 0.15) is 11.7 Å². The fourth-order valence-electron chi connectivity index (χ4n) is 1.14. The van der Waals surface area contributed by atoms with E-state index in [1.54, 1.807) is 7.05 Å². The van der Waals surface area contributed by atoms with Gasteiger partial charge in [-0.05, 0) is 0 Å². The number of aromatic nitrogens is 2. The van der Waals surface area contributed by atoms with Crippen molar-refractivity contribution in [1.29, 1.82) is 0 Å². The van der Waals surface area contributed by atoms with Crippen LogP contribution in [0.25, 0.3) is 0 Å². The lowest BCUT2D eigenvalue weighted by Gasteiger charge is -2.10. The molecule has 0 fully saturated rings. The highest BCUT2D eigenvalue weighted by Crippen LogP contribution is 1.98. The molecule has 0 saturated heterocycles. The lowest BCUT2D eigenvalue weighted by atomic mass is 10.2. The van der Waals surface area contributed by atoms with Gasteiger partial charge < -0.3 is 20.1 Å². The van der Waals surface area contributed by atoms with Crippen LogP contribution < -0.4 is 5.32 Å². The van der Waals surface area contributed by atoms with Gasteiger partial charge in [-0.3, -0.25) is 9.59 Å². The van der Waals surface area contributed by atoms with Crippen molar-refractivity contribution in [2.75, 3.05) is 0 Å². The summed E-state index contributed by atoms with van der Waals surface area (Å²) in [5.74, 6) is -3.44. The molecule has 0 aromatic carbocycles. The minimum Gasteiger partial charge on any atom is -0.481 e. The Balaban J connectivity index is 2.70. The number of imidazole rings is 1. The normalized spacial score (nSPS) is 11.8. The third kappa shape index (κ3) is 3.59. The van der Waals surface area contributed by atoms with Crippen molar-refractivity contribution in [3.63, 3.8) is 0 Å². The molecule has 1 amide bonds. The molecule has 0 aliphatic rings. The summed E-state index contributed by atoms with van der Waals surface area (Å²) < 4.78 is 1.52. The Bertz CT molecular complexity index is 453. The highest BCUT2D eigenvalue weighted by Gasteiger charge is 2.24. The average molecular weight is 241 g/mol. The Morgan fingerprint density at radius 2 is 2.12 bits per heavy atom. The standard InChI is InChI=1S/C9H11N3O5/c1-12-3-6(10-4-12)8(15)11-5(9(16)17)2-7(13)14/h3-5H,2H2,1H3,(H,11,15)(H,13,14)(H,16,17)/t5-/m0/s1. The topological polar surface area (TPSA) is 122 Å². The Morgan fingerprint density at radius 1 is 1.47 bits per heavy atom. The van der Waals surface area contributed by atoms with E-state index in [1.165, 1.54) is 17.1 Å². The van der Waals surface area contributed by atoms with Gasteiger partial charge in [0.15, 0.2) is 0 Å². The van der Waals surface area contributed by atoms with Crippen LogP contribution >= 0.6 is 0 Å². The Morgan fingerprint density at radius 3 is 2.53 bits per heavy atom. The first-order chi connectivity index (χ1) is 7.90. The van der Waals surface area contributed by atoms with Gasteiger partial charge in [-0.15, -0.1) is 0 Å². The summed E-state index contributed by atoms with van der Waals surface area (Å²) in [6.45, 7) is 0. The second-order valence-corrected chi connectivity index (χ2v) is 3.39. The zero-order chi connectivity index (χ0) is 13.0. The number of hydrogen-bond donors (Lipinski definition) is 3. The molecule has 0 aliphatic heterocycles. The molecule has 0 saturated carbocycles. The zero-order valence-corrected chi connectivity index (χ0v) is 8.95. The van der Waals surface area contributed by atoms with Gasteiger partial charge in [0.25, 0.3) is 5.91 Å². The van der Waals surface area contributed by atoms with E-state index in [0.717, 1.165) is 0 Å². The fourth-order valence-corrected chi connectivity index (χ4v) is 1.14. The molecule has 1 heterocycles. The van der Waals surface area contributed by atoms with Crippen LogP contribution in [0.3, 0.4) is 0 Å². The first-order valence-electron chi connectivity index (χ1n) is 4.63. The van der Waals surface area contributed by atoms with Crippen molar-refractivity contribution in [3.8, 4) is 0 Å². The van der Waals surface area contributed by atoms with E-state index in [-0.39, 0.29) is 5.69 Å². The highest BCUT2D eigenvalue weighted by atomic mass is 16.4. The summed E-state index contributed by atoms with van der Waals surface area (Å²) in [5.41, 5.74) is 0.0316. The molecule has 1 aromatic heterocycles. The Hall–Kier alpha value is -2.38. The van der Waals surface area contributed by atoms with Crippen LogP contribution in [0.1, 0.15) is 16.9 Å². The first-order valence-corrected chi connectivity index (χ1v) is 4.63. The van der Waals surface area contributed by atoms with Crippen LogP contribution in [0.2, 0.25) is 0 Å². The number of hydrogen-bond acceptors (Lipinski definition) is 4. The van der Waals surface area contributed by atoms with Gasteiger partial charge in [0.2, 0.25) is 0 Å². The maximum absolute atomic E-state index is 11.5. The molecular formula is C9H11N3O5. The van der Waals surface area contributed by atoms with Gasteiger partial charge in [-0.2, -0.15) is 0 Å². The third-order valence-corrected chi connectivity index (χ3v) is 1.92. The zero-order valence-electron chi connectivity index (χ0n) is 8.95. The maximum atomic E-state index is 11.5. The van der Waals surface area contributed by atoms with Crippen molar-refractivity contribution in [2.45, 2.75) is 12.5 Å².